The van der Waals surface area contributed by atoms with Gasteiger partial charge >= 0.3 is 0 Å². The molecule has 0 aliphatic carbocycles. The summed E-state index contributed by atoms with van der Waals surface area (Å²) >= 11 is 0. The van der Waals surface area contributed by atoms with Gasteiger partial charge in [0.05, 0.1) is 0 Å². The van der Waals surface area contributed by atoms with Gasteiger partial charge in [-0.05, 0) is 390 Å². The molecule has 0 aliphatic rings. The molecule has 0 aliphatic heterocycles. The molecule has 0 atom stereocenters. The van der Waals surface area contributed by atoms with Crippen LogP contribution in [-0.4, -0.2) is 61.3 Å². The van der Waals surface area contributed by atoms with E-state index in [0.717, 1.165) is 231 Å². The van der Waals surface area contributed by atoms with E-state index in [-0.39, 0.29) is 58.5 Å². The Balaban J connectivity index is 0.000000180. The van der Waals surface area contributed by atoms with E-state index in [4.69, 9.17) is 0 Å². The molecule has 12 N–H and O–H groups in total. The molecule has 640 valence electrons. The van der Waals surface area contributed by atoms with Crippen LogP contribution in [0.15, 0.2) is 170 Å². The molecular formula is C111H124O12. The lowest BCUT2D eigenvalue weighted by Crippen LogP contribution is -2.16. The van der Waals surface area contributed by atoms with E-state index >= 15 is 0 Å². The summed E-state index contributed by atoms with van der Waals surface area (Å²) in [6.07, 6.45) is 2.69. The second-order valence-corrected chi connectivity index (χ2v) is 35.6. The van der Waals surface area contributed by atoms with Gasteiger partial charge in [-0.1, -0.05) is 176 Å². The van der Waals surface area contributed by atoms with E-state index < -0.39 is 0 Å². The van der Waals surface area contributed by atoms with Gasteiger partial charge in [-0.15, -0.1) is 0 Å². The van der Waals surface area contributed by atoms with Crippen molar-refractivity contribution in [1.82, 2.24) is 0 Å². The van der Waals surface area contributed by atoms with Crippen LogP contribution in [0.5, 0.6) is 69.0 Å². The lowest BCUT2D eigenvalue weighted by Gasteiger charge is -2.32. The number of rotatable bonds is 19. The van der Waals surface area contributed by atoms with Gasteiger partial charge < -0.3 is 61.3 Å². The Morgan fingerprint density at radius 1 is 0.146 bits per heavy atom. The van der Waals surface area contributed by atoms with E-state index in [1.165, 1.54) is 0 Å². The summed E-state index contributed by atoms with van der Waals surface area (Å²) in [4.78, 5) is 0. The Kier molecular flexibility index (Phi) is 27.5. The Morgan fingerprint density at radius 3 is 0.374 bits per heavy atom. The third-order valence-electron chi connectivity index (χ3n) is 25.5. The first-order chi connectivity index (χ1) is 57.8. The Bertz CT molecular complexity index is 5220. The lowest BCUT2D eigenvalue weighted by molar-refractivity contribution is 0.464. The summed E-state index contributed by atoms with van der Waals surface area (Å²) in [5.74, 6) is 3.31. The molecule has 0 aromatic heterocycles. The minimum Gasteiger partial charge on any atom is -0.507 e. The lowest BCUT2D eigenvalue weighted by atomic mass is 9.71. The molecule has 0 radical (unpaired) electrons. The highest BCUT2D eigenvalue weighted by Gasteiger charge is 2.33. The van der Waals surface area contributed by atoms with Crippen LogP contribution in [0.25, 0.3) is 0 Å². The highest BCUT2D eigenvalue weighted by molar-refractivity contribution is 5.61. The van der Waals surface area contributed by atoms with Crippen molar-refractivity contribution < 1.29 is 61.3 Å². The smallest absolute Gasteiger partial charge is 0.121 e. The van der Waals surface area contributed by atoms with E-state index in [2.05, 4.69) is 72.8 Å². The molecule has 0 spiro atoms. The van der Waals surface area contributed by atoms with E-state index in [0.29, 0.717) is 46.0 Å². The molecule has 0 heterocycles. The van der Waals surface area contributed by atoms with E-state index in [1.807, 2.05) is 263 Å². The Labute approximate surface area is 728 Å². The largest absolute Gasteiger partial charge is 0.507 e. The van der Waals surface area contributed by atoms with E-state index in [9.17, 15) is 61.3 Å². The summed E-state index contributed by atoms with van der Waals surface area (Å²) in [5.41, 5.74) is 35.1. The van der Waals surface area contributed by atoms with Crippen LogP contribution in [-0.2, 0) is 0 Å². The number of phenolic OH excluding ortho intramolecular Hbond substituents is 12. The number of aromatic hydroxyl groups is 12. The monoisotopic (exact) mass is 1650 g/mol. The van der Waals surface area contributed by atoms with Gasteiger partial charge in [0.15, 0.2) is 0 Å². The zero-order valence-corrected chi connectivity index (χ0v) is 76.1. The van der Waals surface area contributed by atoms with Crippen LogP contribution in [0.4, 0.5) is 0 Å². The molecule has 0 bridgehead atoms. The molecule has 0 amide bonds. The summed E-state index contributed by atoms with van der Waals surface area (Å²) in [6.45, 7) is 46.2. The molecule has 12 heteroatoms. The minimum absolute atomic E-state index is 0.0956. The first kappa shape index (κ1) is 91.2. The van der Waals surface area contributed by atoms with Gasteiger partial charge in [0.25, 0.3) is 0 Å². The van der Waals surface area contributed by atoms with Crippen molar-refractivity contribution in [3.8, 4) is 69.0 Å². The first-order valence-corrected chi connectivity index (χ1v) is 42.6. The highest BCUT2D eigenvalue weighted by atomic mass is 16.3. The van der Waals surface area contributed by atoms with Crippen LogP contribution in [0.3, 0.4) is 0 Å². The molecule has 0 saturated carbocycles. The van der Waals surface area contributed by atoms with Crippen molar-refractivity contribution in [1.29, 1.82) is 0 Å². The predicted octanol–water partition coefficient (Wildman–Crippen LogP) is 26.4. The zero-order chi connectivity index (χ0) is 90.3. The van der Waals surface area contributed by atoms with Crippen molar-refractivity contribution >= 4 is 0 Å². The quantitative estimate of drug-likeness (QED) is 0.0338. The van der Waals surface area contributed by atoms with Gasteiger partial charge in [-0.3, -0.25) is 0 Å². The summed E-state index contributed by atoms with van der Waals surface area (Å²) in [6, 6.07) is 58.0. The fraction of sp³-hybridized carbons (Fsp3) is 0.297. The van der Waals surface area contributed by atoms with Gasteiger partial charge in [-0.2, -0.15) is 0 Å². The number of aryl methyl sites for hydroxylation is 24. The maximum Gasteiger partial charge on any atom is 0.121 e. The average Bonchev–Trinajstić information content (AvgIpc) is 0.765. The molecule has 0 saturated heterocycles. The second kappa shape index (κ2) is 37.0. The average molecular weight is 1650 g/mol. The molecule has 0 fully saturated rings. The van der Waals surface area contributed by atoms with Gasteiger partial charge in [0, 0.05) is 35.5 Å². The number of hydrogen-bond donors (Lipinski definition) is 12. The highest BCUT2D eigenvalue weighted by Crippen LogP contribution is 2.50. The third kappa shape index (κ3) is 19.4. The molecule has 12 nitrogen and oxygen atoms in total. The summed E-state index contributed by atoms with van der Waals surface area (Å²) in [7, 11) is 0. The Hall–Kier alpha value is -12.5. The van der Waals surface area contributed by atoms with Gasteiger partial charge in [0.2, 0.25) is 0 Å². The van der Waals surface area contributed by atoms with Gasteiger partial charge in [0.1, 0.15) is 69.0 Å². The summed E-state index contributed by atoms with van der Waals surface area (Å²) < 4.78 is 0. The first-order valence-electron chi connectivity index (χ1n) is 42.6. The number of benzene rings is 13. The molecule has 13 aromatic rings. The topological polar surface area (TPSA) is 243 Å². The predicted molar refractivity (Wildman–Crippen MR) is 501 cm³/mol. The van der Waals surface area contributed by atoms with Crippen LogP contribution in [0.1, 0.15) is 266 Å². The van der Waals surface area contributed by atoms with Crippen molar-refractivity contribution in [2.75, 3.05) is 0 Å². The zero-order valence-electron chi connectivity index (χ0n) is 76.1. The maximum atomic E-state index is 10.6. The number of phenols is 12. The fourth-order valence-corrected chi connectivity index (χ4v) is 18.8. The maximum absolute atomic E-state index is 10.6. The molecule has 13 rings (SSSR count). The van der Waals surface area contributed by atoms with Crippen molar-refractivity contribution in [2.45, 2.75) is 221 Å². The van der Waals surface area contributed by atoms with Crippen LogP contribution in [0.2, 0.25) is 0 Å². The van der Waals surface area contributed by atoms with Crippen LogP contribution >= 0.6 is 0 Å². The van der Waals surface area contributed by atoms with Gasteiger partial charge in [-0.25, -0.2) is 0 Å². The van der Waals surface area contributed by atoms with Crippen molar-refractivity contribution in [2.24, 2.45) is 0 Å². The normalized spacial score (nSPS) is 11.5. The third-order valence-corrected chi connectivity index (χ3v) is 25.5. The van der Waals surface area contributed by atoms with Crippen LogP contribution in [0, 0.1) is 166 Å². The Morgan fingerprint density at radius 2 is 0.252 bits per heavy atom. The number of hydrogen-bond acceptors (Lipinski definition) is 12. The van der Waals surface area contributed by atoms with Crippen molar-refractivity contribution in [3.63, 3.8) is 0 Å². The summed E-state index contributed by atoms with van der Waals surface area (Å²) in [5, 5.41) is 126. The second-order valence-electron chi connectivity index (χ2n) is 35.6. The SMILES string of the molecule is Cc1cc(C(CCCC(c2cc(C)c(O)c(C)c2)c2cc(C)c(O)c(C)c2)c2cc(C)c(O)c(C)c2)cc(C)c1O.Cc1cc(C(c2cc(C)c(O)c(C)c2)C(c2cc(C)c(O)c(C)c2)c2cc(C)c(O)c(C)c2)cc(C)c1O.Cc1cc(C(c2ccc(C(c3cc(C)c(O)c(C)c3)c3cc(C)c(O)c(C)c3)cc2)c2cc(C)c(O)c(C)c2)cc(C)c1O. The fourth-order valence-electron chi connectivity index (χ4n) is 18.8. The minimum atomic E-state index is -0.183. The standard InChI is InChI=1S/C40H42O4.C37H44O4.C34H38O4/c1-21-13-31(14-22(2)37(21)41)35(32-15-23(3)38(42)24(4)16-32)29-9-11-30(12-10-29)36(33-17-25(5)39(43)26(6)18-33)34-19-27(7)40(44)28(8)20-34;1-20-12-28(13-21(2)34(20)38)32(29-14-22(3)35(39)23(4)15-29)10-9-11-33(30-16-24(5)36(40)25(6)17-30)31-18-26(7)37(41)27(8)19-31;1-17-9-25(10-18(2)31(17)35)29(26-11-19(3)32(36)20(4)12-26)30(27-13-21(5)33(37)22(6)14-27)28-15-23(7)34(38)24(8)16-28/h9-20,35-36,41-44H,1-8H3;12-19,32-33,38-41H,9-11H2,1-8H3;9-16,29-30,35-38H,1-8H3. The molecule has 0 unspecified atom stereocenters. The van der Waals surface area contributed by atoms with Crippen molar-refractivity contribution in [3.05, 3.63) is 381 Å². The molecular weight excluding hydrogens is 1530 g/mol. The molecule has 13 aromatic carbocycles. The molecule has 123 heavy (non-hydrogen) atoms. The van der Waals surface area contributed by atoms with E-state index in [1.54, 1.807) is 0 Å². The van der Waals surface area contributed by atoms with Crippen LogP contribution < -0.4 is 0 Å².